The summed E-state index contributed by atoms with van der Waals surface area (Å²) < 4.78 is 5.41. The van der Waals surface area contributed by atoms with Crippen molar-refractivity contribution in [2.75, 3.05) is 7.11 Å². The number of rotatable bonds is 4. The molecule has 0 saturated heterocycles. The number of methoxy groups -OCH3 is 1. The van der Waals surface area contributed by atoms with E-state index in [2.05, 4.69) is 24.0 Å². The molecule has 96 valence electrons. The Balaban J connectivity index is 2.32. The van der Waals surface area contributed by atoms with Gasteiger partial charge in [0.05, 0.1) is 12.8 Å². The summed E-state index contributed by atoms with van der Waals surface area (Å²) in [5.74, 6) is 0.933. The molecule has 1 aromatic carbocycles. The van der Waals surface area contributed by atoms with E-state index in [-0.39, 0.29) is 0 Å². The summed E-state index contributed by atoms with van der Waals surface area (Å²) >= 11 is 1.69. The standard InChI is InChI=1S/C14H18N2OS/c1-9-4-5-12(17-3)11(6-9)7-13-10(2)16-14(8-15)18-13/h4-6H,7-8,15H2,1-3H3. The topological polar surface area (TPSA) is 48.1 Å². The van der Waals surface area contributed by atoms with Crippen LogP contribution in [0.3, 0.4) is 0 Å². The zero-order chi connectivity index (χ0) is 13.1. The highest BCUT2D eigenvalue weighted by atomic mass is 32.1. The van der Waals surface area contributed by atoms with Crippen molar-refractivity contribution >= 4 is 11.3 Å². The molecule has 0 fully saturated rings. The summed E-state index contributed by atoms with van der Waals surface area (Å²) in [5.41, 5.74) is 9.15. The van der Waals surface area contributed by atoms with Crippen LogP contribution in [0.15, 0.2) is 18.2 Å². The number of nitrogens with two attached hydrogens (primary N) is 1. The number of hydrogen-bond donors (Lipinski definition) is 1. The van der Waals surface area contributed by atoms with E-state index in [1.807, 2.05) is 13.0 Å². The fraction of sp³-hybridized carbons (Fsp3) is 0.357. The van der Waals surface area contributed by atoms with E-state index in [4.69, 9.17) is 10.5 Å². The predicted octanol–water partition coefficient (Wildman–Crippen LogP) is 2.82. The molecule has 0 spiro atoms. The first-order valence-corrected chi connectivity index (χ1v) is 6.74. The third-order valence-electron chi connectivity index (χ3n) is 2.90. The zero-order valence-corrected chi connectivity index (χ0v) is 11.8. The number of nitrogens with zero attached hydrogens (tertiary/aromatic N) is 1. The van der Waals surface area contributed by atoms with Crippen molar-refractivity contribution in [2.24, 2.45) is 5.73 Å². The van der Waals surface area contributed by atoms with Gasteiger partial charge in [-0.25, -0.2) is 4.98 Å². The summed E-state index contributed by atoms with van der Waals surface area (Å²) in [7, 11) is 1.71. The lowest BCUT2D eigenvalue weighted by molar-refractivity contribution is 0.410. The molecule has 0 aliphatic heterocycles. The maximum absolute atomic E-state index is 5.63. The lowest BCUT2D eigenvalue weighted by atomic mass is 10.1. The average molecular weight is 262 g/mol. The largest absolute Gasteiger partial charge is 0.496 e. The van der Waals surface area contributed by atoms with Gasteiger partial charge in [0.25, 0.3) is 0 Å². The van der Waals surface area contributed by atoms with E-state index in [9.17, 15) is 0 Å². The van der Waals surface area contributed by atoms with Crippen LogP contribution in [0.5, 0.6) is 5.75 Å². The van der Waals surface area contributed by atoms with Gasteiger partial charge in [0, 0.05) is 17.8 Å². The van der Waals surface area contributed by atoms with E-state index >= 15 is 0 Å². The highest BCUT2D eigenvalue weighted by Crippen LogP contribution is 2.27. The molecule has 0 unspecified atom stereocenters. The van der Waals surface area contributed by atoms with Gasteiger partial charge < -0.3 is 10.5 Å². The van der Waals surface area contributed by atoms with Crippen molar-refractivity contribution in [3.63, 3.8) is 0 Å². The molecule has 0 aliphatic carbocycles. The van der Waals surface area contributed by atoms with Gasteiger partial charge in [-0.1, -0.05) is 17.7 Å². The number of thiazole rings is 1. The first kappa shape index (κ1) is 13.1. The van der Waals surface area contributed by atoms with Gasteiger partial charge in [-0.2, -0.15) is 0 Å². The highest BCUT2D eigenvalue weighted by Gasteiger charge is 2.10. The summed E-state index contributed by atoms with van der Waals surface area (Å²) in [6.45, 7) is 4.64. The van der Waals surface area contributed by atoms with Crippen LogP contribution in [0.25, 0.3) is 0 Å². The van der Waals surface area contributed by atoms with Crippen LogP contribution in [-0.2, 0) is 13.0 Å². The molecule has 0 bridgehead atoms. The number of benzene rings is 1. The lowest BCUT2D eigenvalue weighted by Crippen LogP contribution is -1.94. The molecule has 0 saturated carbocycles. The molecule has 1 aromatic heterocycles. The van der Waals surface area contributed by atoms with Crippen molar-refractivity contribution in [2.45, 2.75) is 26.8 Å². The van der Waals surface area contributed by atoms with Gasteiger partial charge in [0.1, 0.15) is 10.8 Å². The van der Waals surface area contributed by atoms with Crippen molar-refractivity contribution in [1.29, 1.82) is 0 Å². The molecule has 0 atom stereocenters. The Hall–Kier alpha value is -1.39. The maximum Gasteiger partial charge on any atom is 0.122 e. The van der Waals surface area contributed by atoms with Gasteiger partial charge in [0.2, 0.25) is 0 Å². The third kappa shape index (κ3) is 2.71. The molecule has 4 heteroatoms. The van der Waals surface area contributed by atoms with E-state index in [1.54, 1.807) is 18.4 Å². The first-order chi connectivity index (χ1) is 8.63. The van der Waals surface area contributed by atoms with Gasteiger partial charge >= 0.3 is 0 Å². The molecule has 18 heavy (non-hydrogen) atoms. The summed E-state index contributed by atoms with van der Waals surface area (Å²) in [5, 5.41) is 0.995. The SMILES string of the molecule is COc1ccc(C)cc1Cc1sc(CN)nc1C. The molecule has 0 radical (unpaired) electrons. The molecule has 2 rings (SSSR count). The minimum atomic E-state index is 0.510. The number of ether oxygens (including phenoxy) is 1. The van der Waals surface area contributed by atoms with Gasteiger partial charge in [-0.15, -0.1) is 11.3 Å². The molecule has 2 N–H and O–H groups in total. The van der Waals surface area contributed by atoms with Crippen LogP contribution in [-0.4, -0.2) is 12.1 Å². The fourth-order valence-corrected chi connectivity index (χ4v) is 2.93. The normalized spacial score (nSPS) is 10.7. The quantitative estimate of drug-likeness (QED) is 0.921. The second-order valence-corrected chi connectivity index (χ2v) is 5.48. The Labute approximate surface area is 112 Å². The van der Waals surface area contributed by atoms with Gasteiger partial charge in [0.15, 0.2) is 0 Å². The second kappa shape index (κ2) is 5.50. The lowest BCUT2D eigenvalue weighted by Gasteiger charge is -2.08. The predicted molar refractivity (Wildman–Crippen MR) is 75.3 cm³/mol. The van der Waals surface area contributed by atoms with Crippen molar-refractivity contribution in [3.05, 3.63) is 44.9 Å². The average Bonchev–Trinajstić information content (AvgIpc) is 2.71. The molecule has 0 amide bonds. The van der Waals surface area contributed by atoms with Crippen molar-refractivity contribution in [1.82, 2.24) is 4.98 Å². The number of aryl methyl sites for hydroxylation is 2. The van der Waals surface area contributed by atoms with Crippen LogP contribution < -0.4 is 10.5 Å². The Bertz CT molecular complexity index is 549. The first-order valence-electron chi connectivity index (χ1n) is 5.92. The van der Waals surface area contributed by atoms with E-state index < -0.39 is 0 Å². The molecule has 1 heterocycles. The Morgan fingerprint density at radius 1 is 1.33 bits per heavy atom. The Morgan fingerprint density at radius 2 is 2.11 bits per heavy atom. The molecule has 3 nitrogen and oxygen atoms in total. The molecule has 2 aromatic rings. The second-order valence-electron chi connectivity index (χ2n) is 4.31. The number of aromatic nitrogens is 1. The summed E-state index contributed by atoms with van der Waals surface area (Å²) in [6, 6.07) is 6.25. The van der Waals surface area contributed by atoms with Gasteiger partial charge in [-0.05, 0) is 25.5 Å². The third-order valence-corrected chi connectivity index (χ3v) is 4.08. The highest BCUT2D eigenvalue weighted by molar-refractivity contribution is 7.11. The van der Waals surface area contributed by atoms with Crippen molar-refractivity contribution < 1.29 is 4.74 Å². The molecule has 0 aliphatic rings. The summed E-state index contributed by atoms with van der Waals surface area (Å²) in [6.07, 6.45) is 0.856. The van der Waals surface area contributed by atoms with Crippen LogP contribution in [0.2, 0.25) is 0 Å². The monoisotopic (exact) mass is 262 g/mol. The smallest absolute Gasteiger partial charge is 0.122 e. The minimum Gasteiger partial charge on any atom is -0.496 e. The molecular weight excluding hydrogens is 244 g/mol. The minimum absolute atomic E-state index is 0.510. The van der Waals surface area contributed by atoms with Crippen LogP contribution in [0.4, 0.5) is 0 Å². The Kier molecular flexibility index (Phi) is 3.99. The summed E-state index contributed by atoms with van der Waals surface area (Å²) in [4.78, 5) is 5.72. The van der Waals surface area contributed by atoms with E-state index in [0.29, 0.717) is 6.54 Å². The van der Waals surface area contributed by atoms with Crippen LogP contribution >= 0.6 is 11.3 Å². The van der Waals surface area contributed by atoms with Crippen LogP contribution in [0.1, 0.15) is 26.7 Å². The van der Waals surface area contributed by atoms with Crippen molar-refractivity contribution in [3.8, 4) is 5.75 Å². The molecular formula is C14H18N2OS. The van der Waals surface area contributed by atoms with Gasteiger partial charge in [-0.3, -0.25) is 0 Å². The number of hydrogen-bond acceptors (Lipinski definition) is 4. The van der Waals surface area contributed by atoms with Crippen LogP contribution in [0, 0.1) is 13.8 Å². The zero-order valence-electron chi connectivity index (χ0n) is 11.0. The Morgan fingerprint density at radius 3 is 2.72 bits per heavy atom. The van der Waals surface area contributed by atoms with E-state index in [0.717, 1.165) is 22.9 Å². The fourth-order valence-electron chi connectivity index (χ4n) is 1.96. The maximum atomic E-state index is 5.63. The van der Waals surface area contributed by atoms with E-state index in [1.165, 1.54) is 16.0 Å².